The highest BCUT2D eigenvalue weighted by Crippen LogP contribution is 2.30. The zero-order valence-electron chi connectivity index (χ0n) is 12.5. The molecule has 0 aromatic heterocycles. The average molecular weight is 295 g/mol. The van der Waals surface area contributed by atoms with E-state index < -0.39 is 4.92 Å². The van der Waals surface area contributed by atoms with Crippen LogP contribution in [0, 0.1) is 17.0 Å². The minimum absolute atomic E-state index is 0.0125. The first-order valence-corrected chi connectivity index (χ1v) is 7.08. The molecule has 0 saturated heterocycles. The molecular weight excluding hydrogens is 274 g/mol. The van der Waals surface area contributed by atoms with Crippen molar-refractivity contribution in [1.29, 1.82) is 0 Å². The Labute approximate surface area is 124 Å². The number of rotatable bonds is 9. The van der Waals surface area contributed by atoms with Crippen molar-refractivity contribution in [2.45, 2.75) is 39.5 Å². The highest BCUT2D eigenvalue weighted by molar-refractivity contribution is 5.69. The Hall–Kier alpha value is -2.11. The Morgan fingerprint density at radius 1 is 1.29 bits per heavy atom. The van der Waals surface area contributed by atoms with Crippen molar-refractivity contribution < 1.29 is 19.2 Å². The zero-order valence-corrected chi connectivity index (χ0v) is 12.5. The third-order valence-corrected chi connectivity index (χ3v) is 2.96. The van der Waals surface area contributed by atoms with Gasteiger partial charge in [-0.15, -0.1) is 0 Å². The average Bonchev–Trinajstić information content (AvgIpc) is 2.44. The zero-order chi connectivity index (χ0) is 15.7. The lowest BCUT2D eigenvalue weighted by molar-refractivity contribution is -0.385. The maximum absolute atomic E-state index is 11.1. The lowest BCUT2D eigenvalue weighted by Crippen LogP contribution is -2.05. The molecule has 0 amide bonds. The Kier molecular flexibility index (Phi) is 7.21. The molecule has 0 heterocycles. The molecule has 0 bridgehead atoms. The van der Waals surface area contributed by atoms with E-state index in [0.29, 0.717) is 25.4 Å². The van der Waals surface area contributed by atoms with Gasteiger partial charge in [0.05, 0.1) is 18.1 Å². The van der Waals surface area contributed by atoms with E-state index in [1.807, 2.05) is 0 Å². The highest BCUT2D eigenvalue weighted by Gasteiger charge is 2.16. The van der Waals surface area contributed by atoms with Gasteiger partial charge in [0, 0.05) is 12.5 Å². The molecule has 1 rings (SSSR count). The molecule has 6 heteroatoms. The molecule has 0 aliphatic rings. The Morgan fingerprint density at radius 3 is 2.71 bits per heavy atom. The number of nitrogens with zero attached hydrogens (tertiary/aromatic N) is 1. The minimum atomic E-state index is -0.441. The monoisotopic (exact) mass is 295 g/mol. The predicted molar refractivity (Wildman–Crippen MR) is 78.4 cm³/mol. The van der Waals surface area contributed by atoms with Gasteiger partial charge in [-0.2, -0.15) is 0 Å². The van der Waals surface area contributed by atoms with E-state index >= 15 is 0 Å². The molecule has 0 radical (unpaired) electrons. The first-order chi connectivity index (χ1) is 10.1. The van der Waals surface area contributed by atoms with E-state index in [4.69, 9.17) is 9.47 Å². The van der Waals surface area contributed by atoms with E-state index in [-0.39, 0.29) is 11.7 Å². The molecule has 0 saturated carbocycles. The number of carbonyl (C=O) groups is 1. The van der Waals surface area contributed by atoms with Crippen LogP contribution >= 0.6 is 0 Å². The Morgan fingerprint density at radius 2 is 2.05 bits per heavy atom. The van der Waals surface area contributed by atoms with Crippen LogP contribution in [-0.4, -0.2) is 24.1 Å². The van der Waals surface area contributed by atoms with E-state index in [9.17, 15) is 14.9 Å². The van der Waals surface area contributed by atoms with Crippen molar-refractivity contribution in [1.82, 2.24) is 0 Å². The third-order valence-electron chi connectivity index (χ3n) is 2.96. The number of nitro benzene ring substituents is 1. The van der Waals surface area contributed by atoms with Crippen molar-refractivity contribution >= 4 is 11.7 Å². The van der Waals surface area contributed by atoms with Gasteiger partial charge in [0.15, 0.2) is 5.75 Å². The molecule has 21 heavy (non-hydrogen) atoms. The normalized spacial score (nSPS) is 10.2. The number of aryl methyl sites for hydroxylation is 1. The summed E-state index contributed by atoms with van der Waals surface area (Å²) in [7, 11) is 0. The van der Waals surface area contributed by atoms with Gasteiger partial charge in [-0.1, -0.05) is 12.1 Å². The summed E-state index contributed by atoms with van der Waals surface area (Å²) in [4.78, 5) is 21.6. The van der Waals surface area contributed by atoms with Crippen LogP contribution in [0.4, 0.5) is 5.69 Å². The number of esters is 1. The maximum atomic E-state index is 11.1. The minimum Gasteiger partial charge on any atom is -0.487 e. The topological polar surface area (TPSA) is 78.7 Å². The fraction of sp³-hybridized carbons (Fsp3) is 0.533. The van der Waals surface area contributed by atoms with Crippen LogP contribution in [0.25, 0.3) is 0 Å². The smallest absolute Gasteiger partial charge is 0.311 e. The summed E-state index contributed by atoms with van der Waals surface area (Å²) >= 11 is 0. The molecule has 0 N–H and O–H groups in total. The van der Waals surface area contributed by atoms with Crippen molar-refractivity contribution in [3.05, 3.63) is 33.9 Å². The van der Waals surface area contributed by atoms with E-state index in [1.165, 1.54) is 6.07 Å². The summed E-state index contributed by atoms with van der Waals surface area (Å²) in [5.41, 5.74) is 0.734. The molecule has 6 nitrogen and oxygen atoms in total. The molecule has 0 atom stereocenters. The standard InChI is InChI=1S/C15H21NO5/c1-3-20-14(17)10-5-4-6-11-21-15-12(2)8-7-9-13(15)16(18)19/h7-9H,3-6,10-11H2,1-2H3. The van der Waals surface area contributed by atoms with Crippen LogP contribution in [0.15, 0.2) is 18.2 Å². The molecule has 116 valence electrons. The van der Waals surface area contributed by atoms with Crippen LogP contribution in [0.5, 0.6) is 5.75 Å². The number of hydrogen-bond donors (Lipinski definition) is 0. The number of benzene rings is 1. The first kappa shape index (κ1) is 16.9. The van der Waals surface area contributed by atoms with Gasteiger partial charge in [0.1, 0.15) is 0 Å². The van der Waals surface area contributed by atoms with E-state index in [2.05, 4.69) is 0 Å². The Balaban J connectivity index is 2.33. The van der Waals surface area contributed by atoms with E-state index in [0.717, 1.165) is 24.8 Å². The number of nitro groups is 1. The van der Waals surface area contributed by atoms with Crippen LogP contribution in [0.1, 0.15) is 38.2 Å². The fourth-order valence-corrected chi connectivity index (χ4v) is 1.92. The molecule has 0 spiro atoms. The van der Waals surface area contributed by atoms with Gasteiger partial charge in [0.25, 0.3) is 0 Å². The van der Waals surface area contributed by atoms with Crippen molar-refractivity contribution in [3.8, 4) is 5.75 Å². The predicted octanol–water partition coefficient (Wildman–Crippen LogP) is 3.41. The van der Waals surface area contributed by atoms with E-state index in [1.54, 1.807) is 26.0 Å². The number of para-hydroxylation sites is 1. The maximum Gasteiger partial charge on any atom is 0.311 e. The second-order valence-electron chi connectivity index (χ2n) is 4.64. The first-order valence-electron chi connectivity index (χ1n) is 7.08. The molecule has 0 fully saturated rings. The molecule has 0 aliphatic carbocycles. The molecule has 1 aromatic carbocycles. The molecular formula is C15H21NO5. The summed E-state index contributed by atoms with van der Waals surface area (Å²) in [5.74, 6) is 0.140. The summed E-state index contributed by atoms with van der Waals surface area (Å²) < 4.78 is 10.4. The van der Waals surface area contributed by atoms with Crippen molar-refractivity contribution in [3.63, 3.8) is 0 Å². The van der Waals surface area contributed by atoms with Gasteiger partial charge in [-0.05, 0) is 38.7 Å². The molecule has 1 aromatic rings. The molecule has 0 unspecified atom stereocenters. The largest absolute Gasteiger partial charge is 0.487 e. The van der Waals surface area contributed by atoms with Gasteiger partial charge >= 0.3 is 11.7 Å². The van der Waals surface area contributed by atoms with Crippen molar-refractivity contribution in [2.75, 3.05) is 13.2 Å². The number of hydrogen-bond acceptors (Lipinski definition) is 5. The molecule has 0 aliphatic heterocycles. The second-order valence-corrected chi connectivity index (χ2v) is 4.64. The number of carbonyl (C=O) groups excluding carboxylic acids is 1. The van der Waals surface area contributed by atoms with Crippen LogP contribution in [-0.2, 0) is 9.53 Å². The number of unbranched alkanes of at least 4 members (excludes halogenated alkanes) is 2. The quantitative estimate of drug-likeness (QED) is 0.302. The van der Waals surface area contributed by atoms with Gasteiger partial charge in [-0.3, -0.25) is 14.9 Å². The van der Waals surface area contributed by atoms with Crippen LogP contribution in [0.3, 0.4) is 0 Å². The lowest BCUT2D eigenvalue weighted by Gasteiger charge is -2.09. The second kappa shape index (κ2) is 8.94. The van der Waals surface area contributed by atoms with Gasteiger partial charge in [0.2, 0.25) is 0 Å². The summed E-state index contributed by atoms with van der Waals surface area (Å²) in [6, 6.07) is 4.85. The summed E-state index contributed by atoms with van der Waals surface area (Å²) in [6.07, 6.45) is 2.69. The summed E-state index contributed by atoms with van der Waals surface area (Å²) in [6.45, 7) is 4.36. The highest BCUT2D eigenvalue weighted by atomic mass is 16.6. The van der Waals surface area contributed by atoms with Crippen LogP contribution in [0.2, 0.25) is 0 Å². The third kappa shape index (κ3) is 5.81. The number of ether oxygens (including phenoxy) is 2. The SMILES string of the molecule is CCOC(=O)CCCCCOc1c(C)cccc1[N+](=O)[O-]. The lowest BCUT2D eigenvalue weighted by atomic mass is 10.2. The van der Waals surface area contributed by atoms with Crippen molar-refractivity contribution in [2.24, 2.45) is 0 Å². The Bertz CT molecular complexity index is 487. The summed E-state index contributed by atoms with van der Waals surface area (Å²) in [5, 5.41) is 10.9. The fourth-order valence-electron chi connectivity index (χ4n) is 1.92. The van der Waals surface area contributed by atoms with Crippen LogP contribution < -0.4 is 4.74 Å². The van der Waals surface area contributed by atoms with Gasteiger partial charge < -0.3 is 9.47 Å². The van der Waals surface area contributed by atoms with Gasteiger partial charge in [-0.25, -0.2) is 0 Å².